The Morgan fingerprint density at radius 1 is 1.24 bits per heavy atom. The lowest BCUT2D eigenvalue weighted by Gasteiger charge is -2.29. The van der Waals surface area contributed by atoms with Gasteiger partial charge in [-0.05, 0) is 38.1 Å². The van der Waals surface area contributed by atoms with Crippen molar-refractivity contribution in [1.82, 2.24) is 10.2 Å². The highest BCUT2D eigenvalue weighted by molar-refractivity contribution is 5.76. The van der Waals surface area contributed by atoms with E-state index in [0.717, 1.165) is 45.7 Å². The number of carbonyl (C=O) groups excluding carboxylic acids is 1. The first kappa shape index (κ1) is 18.4. The second kappa shape index (κ2) is 10.1. The van der Waals surface area contributed by atoms with Gasteiger partial charge >= 0.3 is 0 Å². The molecule has 21 heavy (non-hydrogen) atoms. The summed E-state index contributed by atoms with van der Waals surface area (Å²) in [7, 11) is 0. The molecular weight excluding hydrogens is 266 g/mol. The highest BCUT2D eigenvalue weighted by atomic mass is 16.5. The minimum atomic E-state index is 0.165. The molecule has 3 N–H and O–H groups in total. The Morgan fingerprint density at radius 2 is 1.90 bits per heavy atom. The summed E-state index contributed by atoms with van der Waals surface area (Å²) in [4.78, 5) is 14.4. The number of nitrogens with one attached hydrogen (secondary N) is 1. The van der Waals surface area contributed by atoms with Crippen LogP contribution in [0.4, 0.5) is 0 Å². The molecule has 0 aromatic heterocycles. The van der Waals surface area contributed by atoms with E-state index in [1.807, 2.05) is 0 Å². The molecule has 1 saturated heterocycles. The summed E-state index contributed by atoms with van der Waals surface area (Å²) < 4.78 is 5.33. The van der Waals surface area contributed by atoms with Crippen molar-refractivity contribution in [1.29, 1.82) is 0 Å². The summed E-state index contributed by atoms with van der Waals surface area (Å²) in [5.41, 5.74) is 5.64. The molecule has 0 aliphatic carbocycles. The number of morpholine rings is 1. The lowest BCUT2D eigenvalue weighted by atomic mass is 9.88. The molecule has 1 heterocycles. The average molecular weight is 299 g/mol. The zero-order valence-corrected chi connectivity index (χ0v) is 13.9. The van der Waals surface area contributed by atoms with Crippen molar-refractivity contribution in [2.75, 3.05) is 39.4 Å². The molecule has 2 atom stereocenters. The van der Waals surface area contributed by atoms with Crippen LogP contribution in [0.1, 0.15) is 40.0 Å². The minimum absolute atomic E-state index is 0.165. The fourth-order valence-corrected chi connectivity index (χ4v) is 2.91. The normalized spacial score (nSPS) is 19.5. The van der Waals surface area contributed by atoms with Crippen molar-refractivity contribution in [3.8, 4) is 0 Å². The number of carbonyl (C=O) groups is 1. The van der Waals surface area contributed by atoms with Crippen LogP contribution in [0.5, 0.6) is 0 Å². The molecule has 0 spiro atoms. The summed E-state index contributed by atoms with van der Waals surface area (Å²) in [6, 6.07) is 0.197. The first-order valence-electron chi connectivity index (χ1n) is 8.32. The predicted octanol–water partition coefficient (Wildman–Crippen LogP) is 1.22. The quantitative estimate of drug-likeness (QED) is 0.672. The van der Waals surface area contributed by atoms with E-state index >= 15 is 0 Å². The Bertz CT molecular complexity index is 291. The zero-order chi connectivity index (χ0) is 15.7. The van der Waals surface area contributed by atoms with Crippen molar-refractivity contribution in [2.24, 2.45) is 17.6 Å². The third-order valence-corrected chi connectivity index (χ3v) is 4.27. The number of nitrogens with two attached hydrogens (primary N) is 1. The minimum Gasteiger partial charge on any atom is -0.379 e. The molecular formula is C16H33N3O2. The molecule has 1 aliphatic heterocycles. The molecule has 2 unspecified atom stereocenters. The van der Waals surface area contributed by atoms with Crippen LogP contribution in [0.15, 0.2) is 0 Å². The smallest absolute Gasteiger partial charge is 0.220 e. The molecule has 0 aromatic carbocycles. The molecule has 0 bridgehead atoms. The highest BCUT2D eigenvalue weighted by Gasteiger charge is 2.17. The molecule has 5 nitrogen and oxygen atoms in total. The van der Waals surface area contributed by atoms with Gasteiger partial charge in [-0.15, -0.1) is 0 Å². The van der Waals surface area contributed by atoms with E-state index in [4.69, 9.17) is 10.5 Å². The number of nitrogens with zero attached hydrogens (tertiary/aromatic N) is 1. The fourth-order valence-electron chi connectivity index (χ4n) is 2.91. The lowest BCUT2D eigenvalue weighted by Crippen LogP contribution is -2.46. The van der Waals surface area contributed by atoms with Crippen LogP contribution in [0, 0.1) is 11.8 Å². The van der Waals surface area contributed by atoms with Crippen LogP contribution < -0.4 is 11.1 Å². The van der Waals surface area contributed by atoms with Crippen molar-refractivity contribution in [2.45, 2.75) is 46.1 Å². The van der Waals surface area contributed by atoms with Gasteiger partial charge in [0.2, 0.25) is 5.91 Å². The van der Waals surface area contributed by atoms with Crippen LogP contribution in [0.25, 0.3) is 0 Å². The van der Waals surface area contributed by atoms with Crippen molar-refractivity contribution in [3.63, 3.8) is 0 Å². The average Bonchev–Trinajstić information content (AvgIpc) is 2.44. The standard InChI is InChI=1S/C16H33N3O2/c1-13(2)15(6-7-17)4-5-16(20)18-14(3)12-19-8-10-21-11-9-19/h13-15H,4-12,17H2,1-3H3,(H,18,20). The zero-order valence-electron chi connectivity index (χ0n) is 13.9. The Morgan fingerprint density at radius 3 is 2.48 bits per heavy atom. The Labute approximate surface area is 129 Å². The van der Waals surface area contributed by atoms with Crippen LogP contribution in [-0.2, 0) is 9.53 Å². The molecule has 1 amide bonds. The Kier molecular flexibility index (Phi) is 8.88. The number of hydrogen-bond acceptors (Lipinski definition) is 4. The molecule has 0 radical (unpaired) electrons. The molecule has 1 rings (SSSR count). The van der Waals surface area contributed by atoms with Crippen LogP contribution in [-0.4, -0.2) is 56.2 Å². The number of ether oxygens (including phenoxy) is 1. The number of amides is 1. The van der Waals surface area contributed by atoms with Gasteiger partial charge in [-0.25, -0.2) is 0 Å². The van der Waals surface area contributed by atoms with E-state index in [9.17, 15) is 4.79 Å². The van der Waals surface area contributed by atoms with Gasteiger partial charge in [0.15, 0.2) is 0 Å². The van der Waals surface area contributed by atoms with Crippen LogP contribution >= 0.6 is 0 Å². The third kappa shape index (κ3) is 7.79. The molecule has 124 valence electrons. The maximum atomic E-state index is 12.0. The maximum Gasteiger partial charge on any atom is 0.220 e. The monoisotopic (exact) mass is 299 g/mol. The summed E-state index contributed by atoms with van der Waals surface area (Å²) in [5.74, 6) is 1.31. The first-order valence-corrected chi connectivity index (χ1v) is 8.32. The van der Waals surface area contributed by atoms with Crippen molar-refractivity contribution in [3.05, 3.63) is 0 Å². The lowest BCUT2D eigenvalue weighted by molar-refractivity contribution is -0.122. The van der Waals surface area contributed by atoms with Gasteiger partial charge in [0.25, 0.3) is 0 Å². The molecule has 0 saturated carbocycles. The molecule has 1 aliphatic rings. The van der Waals surface area contributed by atoms with Gasteiger partial charge in [0, 0.05) is 32.1 Å². The second-order valence-corrected chi connectivity index (χ2v) is 6.50. The van der Waals surface area contributed by atoms with E-state index in [1.54, 1.807) is 0 Å². The van der Waals surface area contributed by atoms with E-state index in [-0.39, 0.29) is 11.9 Å². The fraction of sp³-hybridized carbons (Fsp3) is 0.938. The third-order valence-electron chi connectivity index (χ3n) is 4.27. The molecule has 1 fully saturated rings. The van der Waals surface area contributed by atoms with Crippen LogP contribution in [0.3, 0.4) is 0 Å². The largest absolute Gasteiger partial charge is 0.379 e. The highest BCUT2D eigenvalue weighted by Crippen LogP contribution is 2.20. The van der Waals surface area contributed by atoms with Crippen molar-refractivity contribution >= 4 is 5.91 Å². The predicted molar refractivity (Wildman–Crippen MR) is 86.1 cm³/mol. The SMILES string of the molecule is CC(CN1CCOCC1)NC(=O)CCC(CCN)C(C)C. The Balaban J connectivity index is 2.22. The number of rotatable bonds is 9. The van der Waals surface area contributed by atoms with E-state index in [0.29, 0.717) is 24.8 Å². The second-order valence-electron chi connectivity index (χ2n) is 6.50. The molecule has 0 aromatic rings. The molecule has 5 heteroatoms. The summed E-state index contributed by atoms with van der Waals surface area (Å²) in [5, 5.41) is 3.11. The maximum absolute atomic E-state index is 12.0. The summed E-state index contributed by atoms with van der Waals surface area (Å²) in [6.45, 7) is 11.6. The van der Waals surface area contributed by atoms with E-state index in [1.165, 1.54) is 0 Å². The van der Waals surface area contributed by atoms with Gasteiger partial charge in [-0.1, -0.05) is 13.8 Å². The summed E-state index contributed by atoms with van der Waals surface area (Å²) >= 11 is 0. The van der Waals surface area contributed by atoms with Gasteiger partial charge in [-0.2, -0.15) is 0 Å². The van der Waals surface area contributed by atoms with E-state index in [2.05, 4.69) is 31.0 Å². The Hall–Kier alpha value is -0.650. The van der Waals surface area contributed by atoms with Crippen LogP contribution in [0.2, 0.25) is 0 Å². The van der Waals surface area contributed by atoms with Gasteiger partial charge in [0.05, 0.1) is 13.2 Å². The van der Waals surface area contributed by atoms with Gasteiger partial charge in [-0.3, -0.25) is 9.69 Å². The number of hydrogen-bond donors (Lipinski definition) is 2. The topological polar surface area (TPSA) is 67.6 Å². The van der Waals surface area contributed by atoms with Gasteiger partial charge < -0.3 is 15.8 Å². The summed E-state index contributed by atoms with van der Waals surface area (Å²) in [6.07, 6.45) is 2.55. The first-order chi connectivity index (χ1) is 10.0. The van der Waals surface area contributed by atoms with E-state index < -0.39 is 0 Å². The van der Waals surface area contributed by atoms with Gasteiger partial charge in [0.1, 0.15) is 0 Å². The van der Waals surface area contributed by atoms with Crippen molar-refractivity contribution < 1.29 is 9.53 Å².